The molecule has 0 fully saturated rings. The molecule has 0 saturated carbocycles. The first kappa shape index (κ1) is 21.5. The molecule has 0 atom stereocenters. The summed E-state index contributed by atoms with van der Waals surface area (Å²) in [5.41, 5.74) is 5.28. The average Bonchev–Trinajstić information content (AvgIpc) is 3.56. The maximum absolute atomic E-state index is 13.2. The lowest BCUT2D eigenvalue weighted by Gasteiger charge is -2.01. The Morgan fingerprint density at radius 3 is 2.46 bits per heavy atom. The van der Waals surface area contributed by atoms with Crippen molar-refractivity contribution in [3.63, 3.8) is 0 Å². The van der Waals surface area contributed by atoms with E-state index in [0.29, 0.717) is 20.3 Å². The Hall–Kier alpha value is -4.07. The number of fused-ring (bicyclic) bond motifs is 1. The maximum Gasteiger partial charge on any atom is 0.291 e. The van der Waals surface area contributed by atoms with Crippen LogP contribution in [0.4, 0.5) is 0 Å². The molecule has 35 heavy (non-hydrogen) atoms. The lowest BCUT2D eigenvalue weighted by atomic mass is 10.1. The standard InChI is InChI=1S/C27H18ClN5OS/c1-17-10-12-18(13-11-17)24-20(16-32(30-24)22-8-3-2-4-9-22)15-23-26(34)33-27(35-23)29-25(31-33)19-6-5-7-21(28)14-19/h2-16H,1H3/b23-15-. The molecule has 3 heterocycles. The van der Waals surface area contributed by atoms with Crippen LogP contribution in [0.5, 0.6) is 0 Å². The fourth-order valence-corrected chi connectivity index (χ4v) is 4.96. The second-order valence-corrected chi connectivity index (χ2v) is 9.58. The Kier molecular flexibility index (Phi) is 5.28. The molecule has 0 radical (unpaired) electrons. The molecule has 0 aliphatic carbocycles. The summed E-state index contributed by atoms with van der Waals surface area (Å²) < 4.78 is 3.72. The van der Waals surface area contributed by atoms with Gasteiger partial charge in [-0.3, -0.25) is 4.79 Å². The highest BCUT2D eigenvalue weighted by Crippen LogP contribution is 2.25. The van der Waals surface area contributed by atoms with Crippen molar-refractivity contribution < 1.29 is 0 Å². The van der Waals surface area contributed by atoms with Gasteiger partial charge in [0.2, 0.25) is 4.96 Å². The highest BCUT2D eigenvalue weighted by atomic mass is 35.5. The minimum absolute atomic E-state index is 0.215. The molecule has 6 nitrogen and oxygen atoms in total. The Morgan fingerprint density at radius 1 is 0.914 bits per heavy atom. The number of para-hydroxylation sites is 1. The Bertz CT molecular complexity index is 1790. The minimum Gasteiger partial charge on any atom is -0.266 e. The van der Waals surface area contributed by atoms with Gasteiger partial charge in [0.25, 0.3) is 5.56 Å². The quantitative estimate of drug-likeness (QED) is 0.338. The first-order chi connectivity index (χ1) is 17.0. The van der Waals surface area contributed by atoms with Crippen molar-refractivity contribution >= 4 is 34.0 Å². The van der Waals surface area contributed by atoms with Gasteiger partial charge in [-0.15, -0.1) is 5.10 Å². The molecular formula is C27H18ClN5OS. The summed E-state index contributed by atoms with van der Waals surface area (Å²) in [5.74, 6) is 0.472. The van der Waals surface area contributed by atoms with Crippen LogP contribution < -0.4 is 10.1 Å². The van der Waals surface area contributed by atoms with Gasteiger partial charge in [0.05, 0.1) is 15.9 Å². The van der Waals surface area contributed by atoms with E-state index >= 15 is 0 Å². The van der Waals surface area contributed by atoms with Crippen molar-refractivity contribution in [2.45, 2.75) is 6.92 Å². The molecule has 0 aliphatic heterocycles. The number of nitrogens with zero attached hydrogens (tertiary/aromatic N) is 5. The molecule has 0 aliphatic rings. The van der Waals surface area contributed by atoms with E-state index < -0.39 is 0 Å². The molecule has 0 N–H and O–H groups in total. The maximum atomic E-state index is 13.2. The van der Waals surface area contributed by atoms with E-state index in [1.165, 1.54) is 21.4 Å². The monoisotopic (exact) mass is 495 g/mol. The van der Waals surface area contributed by atoms with E-state index in [1.54, 1.807) is 12.1 Å². The van der Waals surface area contributed by atoms with Gasteiger partial charge < -0.3 is 0 Å². The summed E-state index contributed by atoms with van der Waals surface area (Å²) in [6, 6.07) is 25.4. The third kappa shape index (κ3) is 4.05. The summed E-state index contributed by atoms with van der Waals surface area (Å²) in [4.78, 5) is 18.3. The van der Waals surface area contributed by atoms with Gasteiger partial charge in [-0.2, -0.15) is 14.6 Å². The molecule has 0 saturated heterocycles. The van der Waals surface area contributed by atoms with Gasteiger partial charge in [0.15, 0.2) is 5.82 Å². The van der Waals surface area contributed by atoms with Crippen LogP contribution >= 0.6 is 22.9 Å². The first-order valence-corrected chi connectivity index (χ1v) is 12.1. The summed E-state index contributed by atoms with van der Waals surface area (Å²) in [6.07, 6.45) is 3.81. The molecule has 8 heteroatoms. The number of halogens is 1. The fraction of sp³-hybridized carbons (Fsp3) is 0.0370. The number of benzene rings is 3. The third-order valence-corrected chi connectivity index (χ3v) is 6.83. The lowest BCUT2D eigenvalue weighted by Crippen LogP contribution is -2.23. The summed E-state index contributed by atoms with van der Waals surface area (Å²) >= 11 is 7.40. The van der Waals surface area contributed by atoms with Crippen LogP contribution in [0, 0.1) is 6.92 Å². The van der Waals surface area contributed by atoms with E-state index in [-0.39, 0.29) is 5.56 Å². The number of aromatic nitrogens is 5. The molecular weight excluding hydrogens is 478 g/mol. The third-order valence-electron chi connectivity index (χ3n) is 5.64. The van der Waals surface area contributed by atoms with Crippen LogP contribution in [0.2, 0.25) is 5.02 Å². The summed E-state index contributed by atoms with van der Waals surface area (Å²) in [7, 11) is 0. The second-order valence-electron chi connectivity index (χ2n) is 8.14. The minimum atomic E-state index is -0.215. The predicted molar refractivity (Wildman–Crippen MR) is 140 cm³/mol. The molecule has 6 aromatic rings. The zero-order valence-corrected chi connectivity index (χ0v) is 20.2. The van der Waals surface area contributed by atoms with Gasteiger partial charge in [-0.25, -0.2) is 4.68 Å². The molecule has 170 valence electrons. The van der Waals surface area contributed by atoms with Crippen molar-refractivity contribution in [1.82, 2.24) is 24.4 Å². The van der Waals surface area contributed by atoms with Gasteiger partial charge in [0.1, 0.15) is 0 Å². The Balaban J connectivity index is 1.49. The SMILES string of the molecule is Cc1ccc(-c2nn(-c3ccccc3)cc2/C=c2\sc3nc(-c4cccc(Cl)c4)nn3c2=O)cc1. The fourth-order valence-electron chi connectivity index (χ4n) is 3.87. The lowest BCUT2D eigenvalue weighted by molar-refractivity contribution is 0.884. The molecule has 0 spiro atoms. The predicted octanol–water partition coefficient (Wildman–Crippen LogP) is 5.18. The summed E-state index contributed by atoms with van der Waals surface area (Å²) in [6.45, 7) is 2.05. The van der Waals surface area contributed by atoms with Crippen LogP contribution in [0.1, 0.15) is 11.1 Å². The number of aryl methyl sites for hydroxylation is 1. The average molecular weight is 496 g/mol. The molecule has 3 aromatic carbocycles. The van der Waals surface area contributed by atoms with E-state index in [9.17, 15) is 4.79 Å². The van der Waals surface area contributed by atoms with E-state index in [0.717, 1.165) is 28.1 Å². The Morgan fingerprint density at radius 2 is 1.71 bits per heavy atom. The Labute approximate surface area is 209 Å². The van der Waals surface area contributed by atoms with E-state index in [1.807, 2.05) is 71.6 Å². The van der Waals surface area contributed by atoms with Crippen molar-refractivity contribution in [3.05, 3.63) is 116 Å². The van der Waals surface area contributed by atoms with Crippen LogP contribution in [0.3, 0.4) is 0 Å². The van der Waals surface area contributed by atoms with Crippen molar-refractivity contribution in [2.75, 3.05) is 0 Å². The molecule has 0 unspecified atom stereocenters. The van der Waals surface area contributed by atoms with Crippen molar-refractivity contribution in [3.8, 4) is 28.3 Å². The van der Waals surface area contributed by atoms with Crippen molar-refractivity contribution in [1.29, 1.82) is 0 Å². The van der Waals surface area contributed by atoms with E-state index in [2.05, 4.69) is 29.1 Å². The largest absolute Gasteiger partial charge is 0.291 e. The number of thiazole rings is 1. The van der Waals surface area contributed by atoms with Crippen LogP contribution in [-0.2, 0) is 0 Å². The molecule has 0 bridgehead atoms. The molecule has 3 aromatic heterocycles. The van der Waals surface area contributed by atoms with Gasteiger partial charge in [-0.1, -0.05) is 83.1 Å². The molecule has 6 rings (SSSR count). The van der Waals surface area contributed by atoms with Gasteiger partial charge in [0, 0.05) is 27.9 Å². The van der Waals surface area contributed by atoms with Gasteiger partial charge in [-0.05, 0) is 37.3 Å². The molecule has 0 amide bonds. The van der Waals surface area contributed by atoms with E-state index in [4.69, 9.17) is 16.7 Å². The number of hydrogen-bond donors (Lipinski definition) is 0. The zero-order valence-electron chi connectivity index (χ0n) is 18.6. The topological polar surface area (TPSA) is 65.1 Å². The normalized spacial score (nSPS) is 12.0. The highest BCUT2D eigenvalue weighted by Gasteiger charge is 2.15. The number of rotatable bonds is 4. The van der Waals surface area contributed by atoms with Crippen LogP contribution in [0.25, 0.3) is 39.4 Å². The van der Waals surface area contributed by atoms with Gasteiger partial charge >= 0.3 is 0 Å². The van der Waals surface area contributed by atoms with Crippen LogP contribution in [-0.4, -0.2) is 24.4 Å². The first-order valence-electron chi connectivity index (χ1n) is 10.9. The smallest absolute Gasteiger partial charge is 0.266 e. The number of hydrogen-bond acceptors (Lipinski definition) is 5. The zero-order chi connectivity index (χ0) is 23.9. The summed E-state index contributed by atoms with van der Waals surface area (Å²) in [5, 5.41) is 9.87. The highest BCUT2D eigenvalue weighted by molar-refractivity contribution is 7.15. The second kappa shape index (κ2) is 8.61. The van der Waals surface area contributed by atoms with Crippen molar-refractivity contribution in [2.24, 2.45) is 0 Å². The van der Waals surface area contributed by atoms with Crippen LogP contribution in [0.15, 0.2) is 89.9 Å².